The van der Waals surface area contributed by atoms with Crippen molar-refractivity contribution in [3.63, 3.8) is 0 Å². The summed E-state index contributed by atoms with van der Waals surface area (Å²) in [5.41, 5.74) is 1.79. The Balaban J connectivity index is 1.48. The largest absolute Gasteiger partial charge is 0.323 e. The van der Waals surface area contributed by atoms with Gasteiger partial charge in [-0.1, -0.05) is 12.1 Å². The smallest absolute Gasteiger partial charge is 0.321 e. The number of carbonyl (C=O) groups excluding carboxylic acids is 1. The molecule has 26 heavy (non-hydrogen) atoms. The topological polar surface area (TPSA) is 66.3 Å². The van der Waals surface area contributed by atoms with E-state index in [1.54, 1.807) is 0 Å². The minimum Gasteiger partial charge on any atom is -0.323 e. The normalized spacial score (nSPS) is 19.7. The van der Waals surface area contributed by atoms with E-state index >= 15 is 0 Å². The summed E-state index contributed by atoms with van der Waals surface area (Å²) in [4.78, 5) is 16.8. The Hall–Kier alpha value is -2.41. The first kappa shape index (κ1) is 17.0. The fraction of sp³-hybridized carbons (Fsp3) is 0.526. The number of aromatic nitrogens is 3. The molecule has 138 valence electrons. The highest BCUT2D eigenvalue weighted by Crippen LogP contribution is 2.25. The summed E-state index contributed by atoms with van der Waals surface area (Å²) >= 11 is 0. The number of likely N-dealkylation sites (N-methyl/N-ethyl adjacent to an activating group) is 1. The lowest BCUT2D eigenvalue weighted by atomic mass is 10.1. The van der Waals surface area contributed by atoms with Crippen molar-refractivity contribution in [1.29, 1.82) is 0 Å². The lowest BCUT2D eigenvalue weighted by molar-refractivity contribution is 0.148. The van der Waals surface area contributed by atoms with Gasteiger partial charge in [0.15, 0.2) is 5.82 Å². The minimum atomic E-state index is -0.0276. The molecule has 2 aliphatic heterocycles. The van der Waals surface area contributed by atoms with Crippen molar-refractivity contribution in [3.8, 4) is 11.4 Å². The average molecular weight is 354 g/mol. The number of rotatable bonds is 3. The Morgan fingerprint density at radius 1 is 1.23 bits per heavy atom. The number of benzene rings is 1. The fourth-order valence-corrected chi connectivity index (χ4v) is 3.86. The predicted molar refractivity (Wildman–Crippen MR) is 101 cm³/mol. The highest BCUT2D eigenvalue weighted by molar-refractivity contribution is 5.90. The second-order valence-electron chi connectivity index (χ2n) is 7.41. The predicted octanol–water partition coefficient (Wildman–Crippen LogP) is 2.45. The van der Waals surface area contributed by atoms with Crippen LogP contribution in [0.15, 0.2) is 24.3 Å². The molecule has 2 aliphatic rings. The quantitative estimate of drug-likeness (QED) is 0.919. The van der Waals surface area contributed by atoms with Crippen LogP contribution < -0.4 is 5.32 Å². The molecule has 0 bridgehead atoms. The summed E-state index contributed by atoms with van der Waals surface area (Å²) in [7, 11) is 4.15. The van der Waals surface area contributed by atoms with Crippen LogP contribution >= 0.6 is 0 Å². The van der Waals surface area contributed by atoms with E-state index in [1.807, 2.05) is 29.2 Å². The van der Waals surface area contributed by atoms with Crippen molar-refractivity contribution < 1.29 is 4.79 Å². The molecule has 0 spiro atoms. The number of hydrogen-bond donors (Lipinski definition) is 1. The van der Waals surface area contributed by atoms with Gasteiger partial charge >= 0.3 is 6.03 Å². The average Bonchev–Trinajstić information content (AvgIpc) is 3.25. The van der Waals surface area contributed by atoms with Gasteiger partial charge in [0, 0.05) is 43.3 Å². The zero-order valence-electron chi connectivity index (χ0n) is 15.5. The summed E-state index contributed by atoms with van der Waals surface area (Å²) < 4.78 is 2.17. The Morgan fingerprint density at radius 2 is 2.12 bits per heavy atom. The van der Waals surface area contributed by atoms with Crippen LogP contribution in [0.5, 0.6) is 0 Å². The van der Waals surface area contributed by atoms with E-state index in [2.05, 4.69) is 39.1 Å². The number of piperidine rings is 1. The van der Waals surface area contributed by atoms with Crippen molar-refractivity contribution in [2.24, 2.45) is 0 Å². The first-order valence-corrected chi connectivity index (χ1v) is 9.36. The molecule has 1 aromatic carbocycles. The van der Waals surface area contributed by atoms with Gasteiger partial charge in [0.05, 0.1) is 0 Å². The van der Waals surface area contributed by atoms with Crippen molar-refractivity contribution in [2.45, 2.75) is 38.3 Å². The van der Waals surface area contributed by atoms with Gasteiger partial charge in [0.1, 0.15) is 5.82 Å². The van der Waals surface area contributed by atoms with E-state index in [-0.39, 0.29) is 6.03 Å². The first-order valence-electron chi connectivity index (χ1n) is 9.36. The van der Waals surface area contributed by atoms with E-state index in [1.165, 1.54) is 0 Å². The van der Waals surface area contributed by atoms with E-state index in [4.69, 9.17) is 0 Å². The number of nitrogens with one attached hydrogen (secondary N) is 1. The molecule has 0 aliphatic carbocycles. The molecule has 1 fully saturated rings. The summed E-state index contributed by atoms with van der Waals surface area (Å²) in [5, 5.41) is 11.7. The standard InChI is InChI=1S/C19H26N6O/c1-23(2)16-8-4-10-24(13-16)19(26)20-15-7-3-6-14(12-15)18-22-21-17-9-5-11-25(17)18/h3,6-7,12,16H,4-5,8-11,13H2,1-2H3,(H,20,26). The Kier molecular flexibility index (Phi) is 4.63. The van der Waals surface area contributed by atoms with Crippen molar-refractivity contribution in [1.82, 2.24) is 24.6 Å². The third kappa shape index (κ3) is 3.31. The fourth-order valence-electron chi connectivity index (χ4n) is 3.86. The van der Waals surface area contributed by atoms with Crippen LogP contribution in [-0.4, -0.2) is 63.8 Å². The molecule has 2 amide bonds. The molecule has 1 aromatic heterocycles. The van der Waals surface area contributed by atoms with Crippen LogP contribution in [0, 0.1) is 0 Å². The molecule has 1 N–H and O–H groups in total. The molecule has 1 unspecified atom stereocenters. The maximum Gasteiger partial charge on any atom is 0.321 e. The molecule has 2 aromatic rings. The zero-order chi connectivity index (χ0) is 18.1. The Labute approximate surface area is 154 Å². The monoisotopic (exact) mass is 354 g/mol. The third-order valence-electron chi connectivity index (χ3n) is 5.40. The van der Waals surface area contributed by atoms with Gasteiger partial charge in [-0.25, -0.2) is 4.79 Å². The molecular weight excluding hydrogens is 328 g/mol. The van der Waals surface area contributed by atoms with Gasteiger partial charge in [-0.15, -0.1) is 10.2 Å². The van der Waals surface area contributed by atoms with E-state index in [9.17, 15) is 4.79 Å². The number of nitrogens with zero attached hydrogens (tertiary/aromatic N) is 5. The van der Waals surface area contributed by atoms with Crippen molar-refractivity contribution >= 4 is 11.7 Å². The number of likely N-dealkylation sites (tertiary alicyclic amines) is 1. The van der Waals surface area contributed by atoms with Crippen LogP contribution in [0.25, 0.3) is 11.4 Å². The van der Waals surface area contributed by atoms with Gasteiger partial charge in [0.2, 0.25) is 0 Å². The number of anilines is 1. The number of aryl methyl sites for hydroxylation is 1. The van der Waals surface area contributed by atoms with Crippen LogP contribution in [0.3, 0.4) is 0 Å². The van der Waals surface area contributed by atoms with Crippen LogP contribution in [0.1, 0.15) is 25.1 Å². The lowest BCUT2D eigenvalue weighted by Crippen LogP contribution is -2.48. The second-order valence-corrected chi connectivity index (χ2v) is 7.41. The SMILES string of the molecule is CN(C)C1CCCN(C(=O)Nc2cccc(-c3nnc4n3CCC4)c2)C1. The molecule has 1 atom stereocenters. The summed E-state index contributed by atoms with van der Waals surface area (Å²) in [6.07, 6.45) is 4.30. The maximum absolute atomic E-state index is 12.7. The zero-order valence-corrected chi connectivity index (χ0v) is 15.5. The molecule has 7 nitrogen and oxygen atoms in total. The van der Waals surface area contributed by atoms with Gasteiger partial charge in [-0.05, 0) is 45.5 Å². The number of carbonyl (C=O) groups is 1. The van der Waals surface area contributed by atoms with Crippen molar-refractivity contribution in [2.75, 3.05) is 32.5 Å². The molecule has 1 saturated heterocycles. The summed E-state index contributed by atoms with van der Waals surface area (Å²) in [6.45, 7) is 2.55. The van der Waals surface area contributed by atoms with Crippen LogP contribution in [-0.2, 0) is 13.0 Å². The molecule has 7 heteroatoms. The van der Waals surface area contributed by atoms with Gasteiger partial charge < -0.3 is 19.7 Å². The third-order valence-corrected chi connectivity index (χ3v) is 5.40. The number of amides is 2. The Bertz CT molecular complexity index is 799. The Morgan fingerprint density at radius 3 is 2.96 bits per heavy atom. The molecular formula is C19H26N6O. The number of fused-ring (bicyclic) bond motifs is 1. The van der Waals surface area contributed by atoms with Gasteiger partial charge in [-0.3, -0.25) is 0 Å². The van der Waals surface area contributed by atoms with Gasteiger partial charge in [-0.2, -0.15) is 0 Å². The molecule has 0 radical (unpaired) electrons. The highest BCUT2D eigenvalue weighted by Gasteiger charge is 2.25. The lowest BCUT2D eigenvalue weighted by Gasteiger charge is -2.36. The molecule has 3 heterocycles. The van der Waals surface area contributed by atoms with Crippen LogP contribution in [0.2, 0.25) is 0 Å². The summed E-state index contributed by atoms with van der Waals surface area (Å²) in [5.74, 6) is 1.94. The molecule has 4 rings (SSSR count). The van der Waals surface area contributed by atoms with E-state index < -0.39 is 0 Å². The van der Waals surface area contributed by atoms with E-state index in [0.29, 0.717) is 6.04 Å². The second kappa shape index (κ2) is 7.07. The van der Waals surface area contributed by atoms with Gasteiger partial charge in [0.25, 0.3) is 0 Å². The van der Waals surface area contributed by atoms with Crippen molar-refractivity contribution in [3.05, 3.63) is 30.1 Å². The highest BCUT2D eigenvalue weighted by atomic mass is 16.2. The minimum absolute atomic E-state index is 0.0276. The van der Waals surface area contributed by atoms with E-state index in [0.717, 1.165) is 68.2 Å². The maximum atomic E-state index is 12.7. The molecule has 0 saturated carbocycles. The summed E-state index contributed by atoms with van der Waals surface area (Å²) in [6, 6.07) is 8.30. The number of urea groups is 1. The van der Waals surface area contributed by atoms with Crippen LogP contribution in [0.4, 0.5) is 10.5 Å². The first-order chi connectivity index (χ1) is 12.6. The number of hydrogen-bond acceptors (Lipinski definition) is 4.